The Balaban J connectivity index is 2.62. The van der Waals surface area contributed by atoms with Gasteiger partial charge in [-0.05, 0) is 49.5 Å². The second kappa shape index (κ2) is 6.04. The normalized spacial score (nSPS) is 10.5. The average Bonchev–Trinajstić information content (AvgIpc) is 2.17. The van der Waals surface area contributed by atoms with Gasteiger partial charge in [-0.25, -0.2) is 0 Å². The molecule has 0 saturated heterocycles. The highest BCUT2D eigenvalue weighted by atomic mass is 32.2. The van der Waals surface area contributed by atoms with E-state index in [4.69, 9.17) is 5.11 Å². The minimum absolute atomic E-state index is 0.0389. The van der Waals surface area contributed by atoms with Crippen LogP contribution in [0.2, 0.25) is 0 Å². The standard InChI is InChI=1S/C11H17NOS/c1-9-6-10(4-3-5-14-2)7-11(8-13)12-9/h6-7,13H,3-5,8H2,1-2H3. The van der Waals surface area contributed by atoms with E-state index in [0.717, 1.165) is 17.8 Å². The van der Waals surface area contributed by atoms with E-state index in [9.17, 15) is 0 Å². The van der Waals surface area contributed by atoms with Crippen LogP contribution in [0.3, 0.4) is 0 Å². The van der Waals surface area contributed by atoms with Crippen molar-refractivity contribution in [3.63, 3.8) is 0 Å². The molecule has 78 valence electrons. The fraction of sp³-hybridized carbons (Fsp3) is 0.545. The van der Waals surface area contributed by atoms with Gasteiger partial charge >= 0.3 is 0 Å². The SMILES string of the molecule is CSCCCc1cc(C)nc(CO)c1. The first-order chi connectivity index (χ1) is 6.76. The summed E-state index contributed by atoms with van der Waals surface area (Å²) in [6.45, 7) is 2.01. The molecular formula is C11H17NOS. The van der Waals surface area contributed by atoms with Crippen LogP contribution in [-0.2, 0) is 13.0 Å². The van der Waals surface area contributed by atoms with Gasteiger partial charge in [-0.15, -0.1) is 0 Å². The molecule has 0 aliphatic heterocycles. The lowest BCUT2D eigenvalue weighted by Crippen LogP contribution is -1.96. The summed E-state index contributed by atoms with van der Waals surface area (Å²) in [5.41, 5.74) is 3.07. The number of nitrogens with zero attached hydrogens (tertiary/aromatic N) is 1. The Hall–Kier alpha value is -0.540. The molecule has 0 fully saturated rings. The van der Waals surface area contributed by atoms with Gasteiger partial charge in [-0.2, -0.15) is 11.8 Å². The first-order valence-electron chi connectivity index (χ1n) is 4.82. The van der Waals surface area contributed by atoms with Crippen molar-refractivity contribution in [2.75, 3.05) is 12.0 Å². The van der Waals surface area contributed by atoms with Crippen LogP contribution in [0.4, 0.5) is 0 Å². The highest BCUT2D eigenvalue weighted by molar-refractivity contribution is 7.98. The van der Waals surface area contributed by atoms with Crippen LogP contribution in [0.5, 0.6) is 0 Å². The molecule has 2 nitrogen and oxygen atoms in total. The molecule has 0 saturated carbocycles. The molecule has 0 amide bonds. The molecule has 0 aromatic carbocycles. The summed E-state index contributed by atoms with van der Waals surface area (Å²) in [5.74, 6) is 1.19. The highest BCUT2D eigenvalue weighted by Gasteiger charge is 1.99. The molecular weight excluding hydrogens is 194 g/mol. The maximum Gasteiger partial charge on any atom is 0.0853 e. The van der Waals surface area contributed by atoms with Crippen molar-refractivity contribution in [3.05, 3.63) is 29.1 Å². The zero-order valence-corrected chi connectivity index (χ0v) is 9.60. The number of aromatic nitrogens is 1. The fourth-order valence-corrected chi connectivity index (χ4v) is 1.89. The molecule has 0 spiro atoms. The van der Waals surface area contributed by atoms with Gasteiger partial charge in [-0.1, -0.05) is 0 Å². The second-order valence-corrected chi connectivity index (χ2v) is 4.35. The minimum Gasteiger partial charge on any atom is -0.390 e. The van der Waals surface area contributed by atoms with E-state index in [1.165, 1.54) is 17.7 Å². The van der Waals surface area contributed by atoms with E-state index in [0.29, 0.717) is 0 Å². The van der Waals surface area contributed by atoms with Gasteiger partial charge in [-0.3, -0.25) is 4.98 Å². The summed E-state index contributed by atoms with van der Waals surface area (Å²) in [7, 11) is 0. The van der Waals surface area contributed by atoms with Crippen LogP contribution in [0.1, 0.15) is 23.4 Å². The predicted molar refractivity (Wildman–Crippen MR) is 61.6 cm³/mol. The molecule has 0 bridgehead atoms. The molecule has 1 aromatic rings. The monoisotopic (exact) mass is 211 g/mol. The first kappa shape index (κ1) is 11.5. The minimum atomic E-state index is 0.0389. The van der Waals surface area contributed by atoms with E-state index in [1.54, 1.807) is 0 Å². The quantitative estimate of drug-likeness (QED) is 0.758. The third kappa shape index (κ3) is 3.68. The van der Waals surface area contributed by atoms with Gasteiger partial charge in [0.25, 0.3) is 0 Å². The fourth-order valence-electron chi connectivity index (χ4n) is 1.46. The Labute approximate surface area is 89.8 Å². The molecule has 0 aliphatic carbocycles. The lowest BCUT2D eigenvalue weighted by atomic mass is 10.1. The van der Waals surface area contributed by atoms with Crippen molar-refractivity contribution in [2.24, 2.45) is 0 Å². The molecule has 14 heavy (non-hydrogen) atoms. The van der Waals surface area contributed by atoms with Crippen LogP contribution >= 0.6 is 11.8 Å². The van der Waals surface area contributed by atoms with Crippen LogP contribution in [0.15, 0.2) is 12.1 Å². The smallest absolute Gasteiger partial charge is 0.0853 e. The van der Waals surface area contributed by atoms with Crippen molar-refractivity contribution in [1.29, 1.82) is 0 Å². The Morgan fingerprint density at radius 2 is 2.21 bits per heavy atom. The van der Waals surface area contributed by atoms with Gasteiger partial charge in [0.15, 0.2) is 0 Å². The molecule has 1 N–H and O–H groups in total. The number of thioether (sulfide) groups is 1. The Kier molecular flexibility index (Phi) is 4.98. The number of pyridine rings is 1. The van der Waals surface area contributed by atoms with Crippen molar-refractivity contribution in [2.45, 2.75) is 26.4 Å². The van der Waals surface area contributed by atoms with Crippen LogP contribution in [0, 0.1) is 6.92 Å². The summed E-state index contributed by atoms with van der Waals surface area (Å²) in [6, 6.07) is 4.09. The molecule has 1 heterocycles. The molecule has 1 aromatic heterocycles. The molecule has 0 radical (unpaired) electrons. The van der Waals surface area contributed by atoms with E-state index in [2.05, 4.69) is 17.3 Å². The molecule has 3 heteroatoms. The second-order valence-electron chi connectivity index (χ2n) is 3.36. The summed E-state index contributed by atoms with van der Waals surface area (Å²) in [6.07, 6.45) is 4.39. The molecule has 0 atom stereocenters. The Bertz CT molecular complexity index is 289. The molecule has 0 unspecified atom stereocenters. The summed E-state index contributed by atoms with van der Waals surface area (Å²) in [5, 5.41) is 8.99. The number of aliphatic hydroxyl groups is 1. The van der Waals surface area contributed by atoms with E-state index < -0.39 is 0 Å². The van der Waals surface area contributed by atoms with Crippen molar-refractivity contribution >= 4 is 11.8 Å². The van der Waals surface area contributed by atoms with E-state index in [1.807, 2.05) is 24.8 Å². The van der Waals surface area contributed by atoms with Crippen LogP contribution < -0.4 is 0 Å². The Morgan fingerprint density at radius 1 is 1.43 bits per heavy atom. The van der Waals surface area contributed by atoms with Gasteiger partial charge in [0.2, 0.25) is 0 Å². The van der Waals surface area contributed by atoms with Gasteiger partial charge in [0.1, 0.15) is 0 Å². The van der Waals surface area contributed by atoms with Crippen molar-refractivity contribution < 1.29 is 5.11 Å². The maximum atomic E-state index is 8.99. The van der Waals surface area contributed by atoms with Crippen LogP contribution in [0.25, 0.3) is 0 Å². The third-order valence-electron chi connectivity index (χ3n) is 2.04. The first-order valence-corrected chi connectivity index (χ1v) is 6.22. The third-order valence-corrected chi connectivity index (χ3v) is 2.74. The van der Waals surface area contributed by atoms with Gasteiger partial charge in [0, 0.05) is 5.69 Å². The number of hydrogen-bond acceptors (Lipinski definition) is 3. The lowest BCUT2D eigenvalue weighted by molar-refractivity contribution is 0.276. The van der Waals surface area contributed by atoms with Crippen molar-refractivity contribution in [3.8, 4) is 0 Å². The van der Waals surface area contributed by atoms with Gasteiger partial charge < -0.3 is 5.11 Å². The zero-order chi connectivity index (χ0) is 10.4. The molecule has 0 aliphatic rings. The van der Waals surface area contributed by atoms with Gasteiger partial charge in [0.05, 0.1) is 12.3 Å². The van der Waals surface area contributed by atoms with Crippen molar-refractivity contribution in [1.82, 2.24) is 4.98 Å². The summed E-state index contributed by atoms with van der Waals surface area (Å²) >= 11 is 1.87. The number of aryl methyl sites for hydroxylation is 2. The van der Waals surface area contributed by atoms with E-state index >= 15 is 0 Å². The Morgan fingerprint density at radius 3 is 2.86 bits per heavy atom. The largest absolute Gasteiger partial charge is 0.390 e. The highest BCUT2D eigenvalue weighted by Crippen LogP contribution is 2.09. The van der Waals surface area contributed by atoms with Crippen LogP contribution in [-0.4, -0.2) is 22.1 Å². The zero-order valence-electron chi connectivity index (χ0n) is 8.79. The topological polar surface area (TPSA) is 33.1 Å². The maximum absolute atomic E-state index is 8.99. The predicted octanol–water partition coefficient (Wildman–Crippen LogP) is 2.18. The van der Waals surface area contributed by atoms with E-state index in [-0.39, 0.29) is 6.61 Å². The average molecular weight is 211 g/mol. The lowest BCUT2D eigenvalue weighted by Gasteiger charge is -2.04. The number of aliphatic hydroxyl groups excluding tert-OH is 1. The molecule has 1 rings (SSSR count). The summed E-state index contributed by atoms with van der Waals surface area (Å²) in [4.78, 5) is 4.23. The number of hydrogen-bond donors (Lipinski definition) is 1. The number of rotatable bonds is 5. The summed E-state index contributed by atoms with van der Waals surface area (Å²) < 4.78 is 0.